The van der Waals surface area contributed by atoms with E-state index < -0.39 is 0 Å². The molecule has 1 N–H and O–H groups in total. The summed E-state index contributed by atoms with van der Waals surface area (Å²) < 4.78 is 1.99. The van der Waals surface area contributed by atoms with Crippen LogP contribution in [0.4, 0.5) is 0 Å². The van der Waals surface area contributed by atoms with E-state index in [9.17, 15) is 0 Å². The van der Waals surface area contributed by atoms with Gasteiger partial charge in [-0.2, -0.15) is 0 Å². The van der Waals surface area contributed by atoms with Crippen LogP contribution in [0.15, 0.2) is 24.3 Å². The fraction of sp³-hybridized carbons (Fsp3) is 0.533. The number of nitrogens with one attached hydrogen (secondary N) is 1. The number of tetrazole rings is 1. The molecule has 0 aliphatic heterocycles. The van der Waals surface area contributed by atoms with Crippen molar-refractivity contribution in [1.82, 2.24) is 25.5 Å². The van der Waals surface area contributed by atoms with Crippen LogP contribution in [-0.2, 0) is 19.4 Å². The minimum Gasteiger partial charge on any atom is -0.310 e. The molecule has 2 aromatic rings. The molecule has 1 aliphatic carbocycles. The van der Waals surface area contributed by atoms with E-state index in [1.165, 1.54) is 11.1 Å². The van der Waals surface area contributed by atoms with Crippen molar-refractivity contribution in [1.29, 1.82) is 0 Å². The van der Waals surface area contributed by atoms with Gasteiger partial charge in [0.05, 0.1) is 12.6 Å². The largest absolute Gasteiger partial charge is 0.310 e. The lowest BCUT2D eigenvalue weighted by molar-refractivity contribution is 0.432. The summed E-state index contributed by atoms with van der Waals surface area (Å²) in [5.41, 5.74) is 2.85. The third-order valence-electron chi connectivity index (χ3n) is 3.77. The molecule has 20 heavy (non-hydrogen) atoms. The molecule has 5 heteroatoms. The van der Waals surface area contributed by atoms with Crippen LogP contribution < -0.4 is 5.32 Å². The van der Waals surface area contributed by atoms with Crippen LogP contribution in [0.5, 0.6) is 0 Å². The fourth-order valence-corrected chi connectivity index (χ4v) is 2.79. The van der Waals surface area contributed by atoms with Crippen molar-refractivity contribution in [3.8, 4) is 0 Å². The molecule has 0 amide bonds. The monoisotopic (exact) mass is 271 g/mol. The van der Waals surface area contributed by atoms with Crippen LogP contribution in [0, 0.1) is 5.92 Å². The van der Waals surface area contributed by atoms with E-state index in [0.717, 1.165) is 31.8 Å². The van der Waals surface area contributed by atoms with Crippen molar-refractivity contribution in [3.63, 3.8) is 0 Å². The van der Waals surface area contributed by atoms with Crippen molar-refractivity contribution in [2.45, 2.75) is 39.3 Å². The highest BCUT2D eigenvalue weighted by atomic mass is 15.6. The maximum absolute atomic E-state index is 4.19. The van der Waals surface area contributed by atoms with Gasteiger partial charge in [-0.25, -0.2) is 4.68 Å². The molecule has 1 heterocycles. The predicted octanol–water partition coefficient (Wildman–Crippen LogP) is 1.76. The van der Waals surface area contributed by atoms with Crippen molar-refractivity contribution in [3.05, 3.63) is 41.2 Å². The number of fused-ring (bicyclic) bond motifs is 1. The van der Waals surface area contributed by atoms with Crippen LogP contribution in [0.2, 0.25) is 0 Å². The summed E-state index contributed by atoms with van der Waals surface area (Å²) >= 11 is 0. The molecule has 0 radical (unpaired) electrons. The molecule has 3 rings (SSSR count). The topological polar surface area (TPSA) is 55.6 Å². The quantitative estimate of drug-likeness (QED) is 0.900. The zero-order valence-corrected chi connectivity index (χ0v) is 12.1. The molecule has 5 nitrogen and oxygen atoms in total. The Morgan fingerprint density at radius 2 is 1.95 bits per heavy atom. The Balaban J connectivity index is 1.69. The van der Waals surface area contributed by atoms with E-state index in [0.29, 0.717) is 12.0 Å². The molecule has 0 saturated heterocycles. The van der Waals surface area contributed by atoms with Crippen molar-refractivity contribution >= 4 is 0 Å². The minimum absolute atomic E-state index is 0.359. The smallest absolute Gasteiger partial charge is 0.165 e. The number of hydrogen-bond donors (Lipinski definition) is 1. The molecule has 106 valence electrons. The van der Waals surface area contributed by atoms with Gasteiger partial charge in [-0.15, -0.1) is 5.10 Å². The third-order valence-corrected chi connectivity index (χ3v) is 3.77. The van der Waals surface area contributed by atoms with Gasteiger partial charge in [0, 0.05) is 0 Å². The molecule has 1 aliphatic rings. The van der Waals surface area contributed by atoms with Crippen LogP contribution in [-0.4, -0.2) is 26.8 Å². The van der Waals surface area contributed by atoms with Crippen LogP contribution in [0.1, 0.15) is 36.8 Å². The molecule has 0 saturated carbocycles. The Labute approximate surface area is 119 Å². The van der Waals surface area contributed by atoms with Gasteiger partial charge in [-0.3, -0.25) is 0 Å². The second kappa shape index (κ2) is 5.71. The second-order valence-electron chi connectivity index (χ2n) is 5.90. The van der Waals surface area contributed by atoms with Crippen LogP contribution >= 0.6 is 0 Å². The summed E-state index contributed by atoms with van der Waals surface area (Å²) in [6.07, 6.45) is 2.05. The van der Waals surface area contributed by atoms with E-state index in [1.54, 1.807) is 0 Å². The lowest BCUT2D eigenvalue weighted by Crippen LogP contribution is -2.23. The Bertz CT molecular complexity index is 550. The molecule has 0 atom stereocenters. The normalized spacial score (nSPS) is 14.9. The Kier molecular flexibility index (Phi) is 3.78. The van der Waals surface area contributed by atoms with Gasteiger partial charge in [0.15, 0.2) is 5.82 Å². The number of nitrogens with zero attached hydrogens (tertiary/aromatic N) is 4. The zero-order chi connectivity index (χ0) is 13.9. The fourth-order valence-electron chi connectivity index (χ4n) is 2.79. The second-order valence-corrected chi connectivity index (χ2v) is 5.90. The Hall–Kier alpha value is -1.75. The van der Waals surface area contributed by atoms with Crippen LogP contribution in [0.25, 0.3) is 0 Å². The summed E-state index contributed by atoms with van der Waals surface area (Å²) in [5, 5.41) is 15.6. The van der Waals surface area contributed by atoms with Gasteiger partial charge >= 0.3 is 0 Å². The van der Waals surface area contributed by atoms with Crippen LogP contribution in [0.3, 0.4) is 0 Å². The average molecular weight is 271 g/mol. The summed E-state index contributed by atoms with van der Waals surface area (Å²) in [6, 6.07) is 8.98. The third kappa shape index (κ3) is 2.72. The lowest BCUT2D eigenvalue weighted by atomic mass is 10.1. The van der Waals surface area contributed by atoms with E-state index in [-0.39, 0.29) is 0 Å². The highest BCUT2D eigenvalue weighted by Crippen LogP contribution is 2.29. The van der Waals surface area contributed by atoms with Crippen molar-refractivity contribution in [2.24, 2.45) is 5.92 Å². The summed E-state index contributed by atoms with van der Waals surface area (Å²) in [7, 11) is 0. The van der Waals surface area contributed by atoms with Crippen molar-refractivity contribution < 1.29 is 0 Å². The molecular weight excluding hydrogens is 250 g/mol. The molecule has 1 aromatic heterocycles. The first-order valence-corrected chi connectivity index (χ1v) is 7.28. The first-order chi connectivity index (χ1) is 9.74. The van der Waals surface area contributed by atoms with Gasteiger partial charge in [-0.05, 0) is 46.9 Å². The van der Waals surface area contributed by atoms with Gasteiger partial charge in [0.2, 0.25) is 0 Å². The number of rotatable bonds is 5. The highest BCUT2D eigenvalue weighted by Gasteiger charge is 2.25. The minimum atomic E-state index is 0.359. The lowest BCUT2D eigenvalue weighted by Gasteiger charge is -2.12. The summed E-state index contributed by atoms with van der Waals surface area (Å²) in [5.74, 6) is 1.57. The standard InChI is InChI=1S/C15H21N5/c1-11(2)9-16-10-15-17-18-19-20(15)14-7-12-5-3-4-6-13(12)8-14/h3-6,11,14,16H,7-10H2,1-2H3. The number of aromatic nitrogens is 4. The Morgan fingerprint density at radius 1 is 1.25 bits per heavy atom. The first-order valence-electron chi connectivity index (χ1n) is 7.28. The SMILES string of the molecule is CC(C)CNCc1nnnn1C1Cc2ccccc2C1. The molecule has 0 unspecified atom stereocenters. The molecule has 0 spiro atoms. The van der Waals surface area contributed by atoms with E-state index in [4.69, 9.17) is 0 Å². The first kappa shape index (κ1) is 13.2. The van der Waals surface area contributed by atoms with Gasteiger partial charge in [-0.1, -0.05) is 38.1 Å². The molecule has 0 fully saturated rings. The maximum Gasteiger partial charge on any atom is 0.165 e. The van der Waals surface area contributed by atoms with E-state index in [1.807, 2.05) is 4.68 Å². The Morgan fingerprint density at radius 3 is 2.60 bits per heavy atom. The van der Waals surface area contributed by atoms with E-state index >= 15 is 0 Å². The molecule has 1 aromatic carbocycles. The highest BCUT2D eigenvalue weighted by molar-refractivity contribution is 5.32. The zero-order valence-electron chi connectivity index (χ0n) is 12.1. The van der Waals surface area contributed by atoms with Gasteiger partial charge in [0.25, 0.3) is 0 Å². The van der Waals surface area contributed by atoms with Gasteiger partial charge < -0.3 is 5.32 Å². The number of hydrogen-bond acceptors (Lipinski definition) is 4. The molecule has 0 bridgehead atoms. The summed E-state index contributed by atoms with van der Waals surface area (Å²) in [4.78, 5) is 0. The summed E-state index contributed by atoms with van der Waals surface area (Å²) in [6.45, 7) is 6.11. The molecular formula is C15H21N5. The average Bonchev–Trinajstić information content (AvgIpc) is 3.03. The van der Waals surface area contributed by atoms with E-state index in [2.05, 4.69) is 59.0 Å². The predicted molar refractivity (Wildman–Crippen MR) is 77.2 cm³/mol. The maximum atomic E-state index is 4.19. The number of benzene rings is 1. The van der Waals surface area contributed by atoms with Crippen molar-refractivity contribution in [2.75, 3.05) is 6.54 Å². The van der Waals surface area contributed by atoms with Gasteiger partial charge in [0.1, 0.15) is 0 Å².